The Hall–Kier alpha value is -0.730. The highest BCUT2D eigenvalue weighted by Gasteiger charge is 2.62. The van der Waals surface area contributed by atoms with Crippen molar-refractivity contribution in [3.8, 4) is 0 Å². The molecule has 7 N–H and O–H groups in total. The van der Waals surface area contributed by atoms with Gasteiger partial charge in [0, 0.05) is 12.5 Å². The van der Waals surface area contributed by atoms with E-state index in [1.165, 1.54) is 64.2 Å². The Labute approximate surface area is 250 Å². The molecule has 0 heterocycles. The normalized spacial score (nSPS) is 39.1. The fraction of sp³-hybridized carbons (Fsp3) is 0.971. The van der Waals surface area contributed by atoms with Crippen LogP contribution in [0.15, 0.2) is 0 Å². The number of hydrogen-bond donors (Lipinski definition) is 6. The first-order valence-electron chi connectivity index (χ1n) is 17.5. The maximum atomic E-state index is 11.7. The Bertz CT molecular complexity index is 813. The van der Waals surface area contributed by atoms with Gasteiger partial charge in [-0.05, 0) is 169 Å². The van der Waals surface area contributed by atoms with Gasteiger partial charge in [-0.25, -0.2) is 0 Å². The molecule has 0 amide bonds. The maximum absolute atomic E-state index is 11.7. The number of aliphatic hydroxyl groups excluding tert-OH is 1. The van der Waals surface area contributed by atoms with Gasteiger partial charge < -0.3 is 31.9 Å². The predicted molar refractivity (Wildman–Crippen MR) is 168 cm³/mol. The Morgan fingerprint density at radius 3 is 2.24 bits per heavy atom. The lowest BCUT2D eigenvalue weighted by Crippen LogP contribution is -2.59. The van der Waals surface area contributed by atoms with E-state index in [1.54, 1.807) is 0 Å². The molecule has 4 aliphatic rings. The highest BCUT2D eigenvalue weighted by Crippen LogP contribution is 2.68. The van der Waals surface area contributed by atoms with Crippen molar-refractivity contribution in [1.82, 2.24) is 16.0 Å². The largest absolute Gasteiger partial charge is 0.481 e. The van der Waals surface area contributed by atoms with E-state index in [0.717, 1.165) is 58.5 Å². The standard InChI is InChI=1S/C34H64N4O3/c1-24(8-11-31(40)41)27-9-10-28-32-29(13-15-34(27,28)3)33(2)14-12-26(22-25(33)23-30(32)39)38-21-7-20-37-18-5-4-17-36-19-6-16-35/h24-30,32,36-39H,4-23,35H2,1-3H3,(H,40,41)/t24?,25-,26+,27-,28?,29?,30-,32?,33+,34-/m1/s1. The number of aliphatic carboxylic acids is 1. The van der Waals surface area contributed by atoms with Crippen LogP contribution in [0, 0.1) is 46.3 Å². The molecular weight excluding hydrogens is 512 g/mol. The molecule has 238 valence electrons. The number of aliphatic hydroxyl groups is 1. The molecule has 4 aliphatic carbocycles. The van der Waals surface area contributed by atoms with E-state index in [9.17, 15) is 15.0 Å². The minimum Gasteiger partial charge on any atom is -0.481 e. The Balaban J connectivity index is 1.20. The highest BCUT2D eigenvalue weighted by molar-refractivity contribution is 5.66. The molecule has 41 heavy (non-hydrogen) atoms. The summed E-state index contributed by atoms with van der Waals surface area (Å²) >= 11 is 0. The molecule has 0 radical (unpaired) electrons. The molecule has 10 atom stereocenters. The lowest BCUT2D eigenvalue weighted by atomic mass is 9.43. The molecule has 0 bridgehead atoms. The van der Waals surface area contributed by atoms with Gasteiger partial charge in [0.25, 0.3) is 0 Å². The molecule has 4 unspecified atom stereocenters. The molecule has 4 fully saturated rings. The first kappa shape index (κ1) is 33.2. The van der Waals surface area contributed by atoms with Crippen molar-refractivity contribution in [1.29, 1.82) is 0 Å². The molecule has 0 aromatic carbocycles. The van der Waals surface area contributed by atoms with E-state index in [0.29, 0.717) is 47.0 Å². The summed E-state index contributed by atoms with van der Waals surface area (Å²) in [7, 11) is 0. The summed E-state index contributed by atoms with van der Waals surface area (Å²) in [6.45, 7) is 13.5. The van der Waals surface area contributed by atoms with Gasteiger partial charge in [-0.15, -0.1) is 0 Å². The topological polar surface area (TPSA) is 120 Å². The van der Waals surface area contributed by atoms with Gasteiger partial charge in [0.15, 0.2) is 0 Å². The second kappa shape index (κ2) is 15.3. The summed E-state index contributed by atoms with van der Waals surface area (Å²) < 4.78 is 0. The third-order valence-electron chi connectivity index (χ3n) is 12.7. The number of nitrogens with one attached hydrogen (secondary N) is 3. The van der Waals surface area contributed by atoms with Crippen molar-refractivity contribution in [3.05, 3.63) is 0 Å². The van der Waals surface area contributed by atoms with Crippen LogP contribution in [0.3, 0.4) is 0 Å². The van der Waals surface area contributed by atoms with Gasteiger partial charge >= 0.3 is 5.97 Å². The lowest BCUT2D eigenvalue weighted by molar-refractivity contribution is -0.167. The summed E-state index contributed by atoms with van der Waals surface area (Å²) in [5.41, 5.74) is 6.15. The van der Waals surface area contributed by atoms with Crippen LogP contribution in [0.2, 0.25) is 0 Å². The minimum atomic E-state index is -0.669. The number of carbonyl (C=O) groups is 1. The van der Waals surface area contributed by atoms with E-state index in [4.69, 9.17) is 5.73 Å². The quantitative estimate of drug-likeness (QED) is 0.138. The lowest BCUT2D eigenvalue weighted by Gasteiger charge is -2.62. The van der Waals surface area contributed by atoms with E-state index >= 15 is 0 Å². The molecule has 0 aromatic heterocycles. The third kappa shape index (κ3) is 7.87. The van der Waals surface area contributed by atoms with Crippen molar-refractivity contribution in [3.63, 3.8) is 0 Å². The fourth-order valence-electron chi connectivity index (χ4n) is 10.4. The summed E-state index contributed by atoms with van der Waals surface area (Å²) in [6.07, 6.45) is 15.3. The van der Waals surface area contributed by atoms with E-state index in [2.05, 4.69) is 36.7 Å². The van der Waals surface area contributed by atoms with Crippen molar-refractivity contribution in [2.45, 2.75) is 123 Å². The SMILES string of the molecule is CC(CCC(=O)O)[C@H]1CCC2C3C(CC[C@@]21C)[C@@]1(C)CC[C@H](NCCCNCCCCNCCCN)C[C@@H]1C[C@H]3O. The van der Waals surface area contributed by atoms with Crippen LogP contribution < -0.4 is 21.7 Å². The average molecular weight is 577 g/mol. The highest BCUT2D eigenvalue weighted by atomic mass is 16.4. The molecule has 7 nitrogen and oxygen atoms in total. The number of unbranched alkanes of at least 4 members (excludes halogenated alkanes) is 1. The monoisotopic (exact) mass is 576 g/mol. The third-order valence-corrected chi connectivity index (χ3v) is 12.7. The van der Waals surface area contributed by atoms with Crippen LogP contribution in [0.5, 0.6) is 0 Å². The summed E-state index contributed by atoms with van der Waals surface area (Å²) in [6, 6.07) is 0.594. The molecule has 7 heteroatoms. The molecule has 0 aliphatic heterocycles. The smallest absolute Gasteiger partial charge is 0.303 e. The van der Waals surface area contributed by atoms with Gasteiger partial charge in [-0.2, -0.15) is 0 Å². The zero-order chi connectivity index (χ0) is 29.5. The predicted octanol–water partition coefficient (Wildman–Crippen LogP) is 4.77. The number of rotatable bonds is 17. The van der Waals surface area contributed by atoms with Crippen LogP contribution >= 0.6 is 0 Å². The van der Waals surface area contributed by atoms with Gasteiger partial charge in [0.2, 0.25) is 0 Å². The number of nitrogens with two attached hydrogens (primary N) is 1. The van der Waals surface area contributed by atoms with Crippen molar-refractivity contribution in [2.75, 3.05) is 39.3 Å². The van der Waals surface area contributed by atoms with E-state index < -0.39 is 5.97 Å². The van der Waals surface area contributed by atoms with Crippen LogP contribution in [0.4, 0.5) is 0 Å². The average Bonchev–Trinajstić information content (AvgIpc) is 3.30. The van der Waals surface area contributed by atoms with E-state index in [1.807, 2.05) is 0 Å². The number of hydrogen-bond acceptors (Lipinski definition) is 6. The van der Waals surface area contributed by atoms with Crippen molar-refractivity contribution < 1.29 is 15.0 Å². The molecule has 0 saturated heterocycles. The second-order valence-electron chi connectivity index (χ2n) is 15.1. The van der Waals surface area contributed by atoms with Crippen molar-refractivity contribution >= 4 is 5.97 Å². The van der Waals surface area contributed by atoms with Crippen LogP contribution in [0.25, 0.3) is 0 Å². The van der Waals surface area contributed by atoms with Crippen LogP contribution in [0.1, 0.15) is 111 Å². The Kier molecular flexibility index (Phi) is 12.4. The summed E-state index contributed by atoms with van der Waals surface area (Å²) in [5, 5.41) is 31.9. The zero-order valence-corrected chi connectivity index (χ0v) is 26.6. The van der Waals surface area contributed by atoms with Gasteiger partial charge in [0.1, 0.15) is 0 Å². The van der Waals surface area contributed by atoms with Gasteiger partial charge in [-0.3, -0.25) is 4.79 Å². The molecule has 0 spiro atoms. The molecule has 0 aromatic rings. The van der Waals surface area contributed by atoms with Crippen LogP contribution in [-0.4, -0.2) is 67.6 Å². The number of carboxylic acid groups (broad SMARTS) is 1. The summed E-state index contributed by atoms with van der Waals surface area (Å²) in [4.78, 5) is 11.2. The maximum Gasteiger partial charge on any atom is 0.303 e. The zero-order valence-electron chi connectivity index (χ0n) is 26.6. The number of carboxylic acids is 1. The van der Waals surface area contributed by atoms with Gasteiger partial charge in [-0.1, -0.05) is 20.8 Å². The first-order valence-corrected chi connectivity index (χ1v) is 17.5. The Morgan fingerprint density at radius 1 is 0.878 bits per heavy atom. The molecule has 4 rings (SSSR count). The van der Waals surface area contributed by atoms with Crippen molar-refractivity contribution in [2.24, 2.45) is 52.1 Å². The molecular formula is C34H64N4O3. The first-order chi connectivity index (χ1) is 19.7. The van der Waals surface area contributed by atoms with Crippen LogP contribution in [-0.2, 0) is 4.79 Å². The second-order valence-corrected chi connectivity index (χ2v) is 15.1. The van der Waals surface area contributed by atoms with Gasteiger partial charge in [0.05, 0.1) is 6.10 Å². The molecule has 4 saturated carbocycles. The number of fused-ring (bicyclic) bond motifs is 5. The fourth-order valence-corrected chi connectivity index (χ4v) is 10.4. The Morgan fingerprint density at radius 2 is 1.54 bits per heavy atom. The van der Waals surface area contributed by atoms with E-state index in [-0.39, 0.29) is 17.9 Å². The minimum absolute atomic E-state index is 0.172. The summed E-state index contributed by atoms with van der Waals surface area (Å²) in [5.74, 6) is 2.68.